The van der Waals surface area contributed by atoms with Crippen LogP contribution in [0.5, 0.6) is 0 Å². The Morgan fingerprint density at radius 2 is 1.85 bits per heavy atom. The molecule has 1 aliphatic rings. The van der Waals surface area contributed by atoms with E-state index in [1.807, 2.05) is 0 Å². The van der Waals surface area contributed by atoms with Crippen molar-refractivity contribution < 1.29 is 17.9 Å². The Labute approximate surface area is 81.0 Å². The van der Waals surface area contributed by atoms with Gasteiger partial charge in [0, 0.05) is 6.04 Å². The summed E-state index contributed by atoms with van der Waals surface area (Å²) in [5.74, 6) is 0. The number of ether oxygens (including phenoxy) is 1. The number of hydrogen-bond donors (Lipinski definition) is 1. The summed E-state index contributed by atoms with van der Waals surface area (Å²) >= 11 is 0. The maximum Gasteiger partial charge on any atom is 0.522 e. The van der Waals surface area contributed by atoms with E-state index in [4.69, 9.17) is 5.73 Å². The highest BCUT2D eigenvalue weighted by Crippen LogP contribution is 2.27. The van der Waals surface area contributed by atoms with Gasteiger partial charge in [-0.25, -0.2) is 0 Å². The fourth-order valence-electron chi connectivity index (χ4n) is 1.48. The van der Waals surface area contributed by atoms with Gasteiger partial charge in [0.25, 0.3) is 0 Å². The molecule has 0 radical (unpaired) electrons. The molecule has 2 N–H and O–H groups in total. The molecule has 0 spiro atoms. The standard InChI is InChI=1S/C7H12F3NO.ClH/c8-7(9,10)12-6-3-1-2-5(11)4-6;/h5-6H,1-4,11H2;1H. The molecule has 0 aromatic heterocycles. The van der Waals surface area contributed by atoms with Gasteiger partial charge in [-0.3, -0.25) is 4.74 Å². The van der Waals surface area contributed by atoms with Crippen molar-refractivity contribution in [3.8, 4) is 0 Å². The van der Waals surface area contributed by atoms with Crippen LogP contribution in [-0.4, -0.2) is 18.5 Å². The van der Waals surface area contributed by atoms with Gasteiger partial charge in [-0.05, 0) is 25.7 Å². The Morgan fingerprint density at radius 1 is 1.23 bits per heavy atom. The number of nitrogens with two attached hydrogens (primary N) is 1. The van der Waals surface area contributed by atoms with Crippen LogP contribution < -0.4 is 5.73 Å². The van der Waals surface area contributed by atoms with E-state index in [1.54, 1.807) is 0 Å². The monoisotopic (exact) mass is 219 g/mol. The molecule has 0 aromatic rings. The van der Waals surface area contributed by atoms with Gasteiger partial charge in [-0.1, -0.05) is 0 Å². The van der Waals surface area contributed by atoms with Crippen molar-refractivity contribution in [3.63, 3.8) is 0 Å². The summed E-state index contributed by atoms with van der Waals surface area (Å²) in [5.41, 5.74) is 5.50. The lowest BCUT2D eigenvalue weighted by Gasteiger charge is -2.27. The van der Waals surface area contributed by atoms with Crippen LogP contribution in [0.3, 0.4) is 0 Å². The summed E-state index contributed by atoms with van der Waals surface area (Å²) in [4.78, 5) is 0. The molecule has 80 valence electrons. The molecule has 0 heterocycles. The third-order valence-corrected chi connectivity index (χ3v) is 1.97. The molecule has 0 aliphatic heterocycles. The van der Waals surface area contributed by atoms with Crippen molar-refractivity contribution in [1.82, 2.24) is 0 Å². The SMILES string of the molecule is Cl.NC1CCCC(OC(F)(F)F)C1. The minimum absolute atomic E-state index is 0. The zero-order valence-electron chi connectivity index (χ0n) is 7.01. The molecule has 1 rings (SSSR count). The molecule has 0 saturated heterocycles. The number of alkyl halides is 3. The van der Waals surface area contributed by atoms with Crippen molar-refractivity contribution in [2.75, 3.05) is 0 Å². The molecule has 6 heteroatoms. The molecular weight excluding hydrogens is 207 g/mol. The van der Waals surface area contributed by atoms with Crippen LogP contribution in [0.25, 0.3) is 0 Å². The van der Waals surface area contributed by atoms with E-state index in [0.29, 0.717) is 12.8 Å². The van der Waals surface area contributed by atoms with Gasteiger partial charge in [0.1, 0.15) is 0 Å². The highest BCUT2D eigenvalue weighted by molar-refractivity contribution is 5.85. The molecule has 1 fully saturated rings. The van der Waals surface area contributed by atoms with Gasteiger partial charge in [0.05, 0.1) is 6.10 Å². The number of halogens is 4. The largest absolute Gasteiger partial charge is 0.522 e. The van der Waals surface area contributed by atoms with Crippen LogP contribution in [0.4, 0.5) is 13.2 Å². The molecular formula is C7H13ClF3NO. The molecule has 0 bridgehead atoms. The van der Waals surface area contributed by atoms with Gasteiger partial charge in [-0.2, -0.15) is 0 Å². The summed E-state index contributed by atoms with van der Waals surface area (Å²) in [5, 5.41) is 0. The van der Waals surface area contributed by atoms with Gasteiger partial charge >= 0.3 is 6.36 Å². The Balaban J connectivity index is 0.00000144. The van der Waals surface area contributed by atoms with Gasteiger partial charge in [0.2, 0.25) is 0 Å². The quantitative estimate of drug-likeness (QED) is 0.734. The second kappa shape index (κ2) is 5.02. The molecule has 2 atom stereocenters. The molecule has 13 heavy (non-hydrogen) atoms. The van der Waals surface area contributed by atoms with Gasteiger partial charge in [-0.15, -0.1) is 25.6 Å². The average Bonchev–Trinajstić information content (AvgIpc) is 1.82. The van der Waals surface area contributed by atoms with Crippen molar-refractivity contribution in [2.45, 2.75) is 44.2 Å². The maximum atomic E-state index is 11.7. The summed E-state index contributed by atoms with van der Waals surface area (Å²) in [7, 11) is 0. The normalized spacial score (nSPS) is 29.5. The maximum absolute atomic E-state index is 11.7. The fraction of sp³-hybridized carbons (Fsp3) is 1.00. The molecule has 2 nitrogen and oxygen atoms in total. The fourth-order valence-corrected chi connectivity index (χ4v) is 1.48. The lowest BCUT2D eigenvalue weighted by atomic mass is 9.94. The first-order valence-electron chi connectivity index (χ1n) is 3.97. The number of hydrogen-bond acceptors (Lipinski definition) is 2. The second-order valence-electron chi connectivity index (χ2n) is 3.11. The summed E-state index contributed by atoms with van der Waals surface area (Å²) in [6, 6.07) is -0.133. The lowest BCUT2D eigenvalue weighted by molar-refractivity contribution is -0.345. The summed E-state index contributed by atoms with van der Waals surface area (Å²) < 4.78 is 39.0. The lowest BCUT2D eigenvalue weighted by Crippen LogP contribution is -2.35. The van der Waals surface area contributed by atoms with E-state index in [9.17, 15) is 13.2 Å². The van der Waals surface area contributed by atoms with E-state index in [2.05, 4.69) is 4.74 Å². The first-order valence-corrected chi connectivity index (χ1v) is 3.97. The smallest absolute Gasteiger partial charge is 0.328 e. The Bertz CT molecular complexity index is 153. The predicted molar refractivity (Wildman–Crippen MR) is 44.6 cm³/mol. The highest BCUT2D eigenvalue weighted by atomic mass is 35.5. The van der Waals surface area contributed by atoms with E-state index >= 15 is 0 Å². The molecule has 0 aromatic carbocycles. The van der Waals surface area contributed by atoms with E-state index in [0.717, 1.165) is 12.8 Å². The van der Waals surface area contributed by atoms with Crippen LogP contribution >= 0.6 is 12.4 Å². The molecule has 1 aliphatic carbocycles. The van der Waals surface area contributed by atoms with Crippen LogP contribution in [-0.2, 0) is 4.74 Å². The van der Waals surface area contributed by atoms with E-state index in [1.165, 1.54) is 0 Å². The summed E-state index contributed by atoms with van der Waals surface area (Å²) in [6.07, 6.45) is -2.93. The Morgan fingerprint density at radius 3 is 2.31 bits per heavy atom. The zero-order valence-corrected chi connectivity index (χ0v) is 7.83. The first-order chi connectivity index (χ1) is 5.47. The summed E-state index contributed by atoms with van der Waals surface area (Å²) in [6.45, 7) is 0. The minimum Gasteiger partial charge on any atom is -0.328 e. The van der Waals surface area contributed by atoms with Crippen LogP contribution in [0.2, 0.25) is 0 Å². The van der Waals surface area contributed by atoms with E-state index < -0.39 is 12.5 Å². The zero-order chi connectivity index (χ0) is 9.19. The van der Waals surface area contributed by atoms with Crippen LogP contribution in [0, 0.1) is 0 Å². The van der Waals surface area contributed by atoms with E-state index in [-0.39, 0.29) is 18.4 Å². The van der Waals surface area contributed by atoms with Crippen molar-refractivity contribution >= 4 is 12.4 Å². The Hall–Kier alpha value is -0.0000000000000000555. The third-order valence-electron chi connectivity index (χ3n) is 1.97. The molecule has 0 amide bonds. The third kappa shape index (κ3) is 5.33. The first kappa shape index (κ1) is 13.0. The molecule has 2 unspecified atom stereocenters. The van der Waals surface area contributed by atoms with Crippen LogP contribution in [0.15, 0.2) is 0 Å². The van der Waals surface area contributed by atoms with Gasteiger partial charge < -0.3 is 5.73 Å². The predicted octanol–water partition coefficient (Wildman–Crippen LogP) is 2.21. The van der Waals surface area contributed by atoms with Crippen LogP contribution in [0.1, 0.15) is 25.7 Å². The van der Waals surface area contributed by atoms with Crippen molar-refractivity contribution in [2.24, 2.45) is 5.73 Å². The minimum atomic E-state index is -4.51. The Kier molecular flexibility index (Phi) is 5.02. The highest BCUT2D eigenvalue weighted by Gasteiger charge is 2.35. The van der Waals surface area contributed by atoms with Gasteiger partial charge in [0.15, 0.2) is 0 Å². The van der Waals surface area contributed by atoms with Crippen molar-refractivity contribution in [1.29, 1.82) is 0 Å². The number of rotatable bonds is 1. The molecule has 1 saturated carbocycles. The second-order valence-corrected chi connectivity index (χ2v) is 3.11. The van der Waals surface area contributed by atoms with Crippen molar-refractivity contribution in [3.05, 3.63) is 0 Å². The average molecular weight is 220 g/mol. The topological polar surface area (TPSA) is 35.2 Å².